The minimum atomic E-state index is -2.55. The summed E-state index contributed by atoms with van der Waals surface area (Å²) in [6.07, 6.45) is 1.28. The Labute approximate surface area is 137 Å². The van der Waals surface area contributed by atoms with Crippen molar-refractivity contribution in [3.8, 4) is 0 Å². The molecule has 2 aromatic rings. The highest BCUT2D eigenvalue weighted by molar-refractivity contribution is 5.92. The average molecular weight is 339 g/mol. The number of likely N-dealkylation sites (tertiary alicyclic amines) is 1. The second kappa shape index (κ2) is 7.06. The highest BCUT2D eigenvalue weighted by Gasteiger charge is 2.27. The lowest BCUT2D eigenvalue weighted by Crippen LogP contribution is -2.41. The van der Waals surface area contributed by atoms with E-state index in [-0.39, 0.29) is 17.5 Å². The molecule has 0 bridgehead atoms. The number of aryl methyl sites for hydroxylation is 1. The molecule has 1 unspecified atom stereocenters. The first-order valence-corrected chi connectivity index (χ1v) is 7.91. The fraction of sp³-hybridized carbons (Fsp3) is 0.600. The molecule has 1 amide bonds. The van der Waals surface area contributed by atoms with Gasteiger partial charge >= 0.3 is 0 Å². The first kappa shape index (κ1) is 16.5. The van der Waals surface area contributed by atoms with Crippen LogP contribution >= 0.6 is 0 Å². The van der Waals surface area contributed by atoms with Crippen LogP contribution in [0, 0.1) is 12.8 Å². The highest BCUT2D eigenvalue weighted by atomic mass is 19.3. The van der Waals surface area contributed by atoms with Crippen LogP contribution in [0.3, 0.4) is 0 Å². The number of nitrogens with zero attached hydrogens (tertiary/aromatic N) is 5. The number of piperidine rings is 1. The third-order valence-electron chi connectivity index (χ3n) is 4.09. The summed E-state index contributed by atoms with van der Waals surface area (Å²) < 4.78 is 31.2. The minimum Gasteiger partial charge on any atom is -0.340 e. The van der Waals surface area contributed by atoms with Gasteiger partial charge in [-0.05, 0) is 24.8 Å². The van der Waals surface area contributed by atoms with Gasteiger partial charge in [0.1, 0.15) is 12.2 Å². The van der Waals surface area contributed by atoms with Gasteiger partial charge in [0.05, 0.1) is 0 Å². The van der Waals surface area contributed by atoms with Gasteiger partial charge in [0.25, 0.3) is 12.3 Å². The molecule has 0 radical (unpaired) electrons. The van der Waals surface area contributed by atoms with Gasteiger partial charge in [-0.1, -0.05) is 5.16 Å². The van der Waals surface area contributed by atoms with Crippen molar-refractivity contribution in [1.29, 1.82) is 0 Å². The fourth-order valence-electron chi connectivity index (χ4n) is 3.05. The van der Waals surface area contributed by atoms with E-state index in [9.17, 15) is 13.6 Å². The van der Waals surface area contributed by atoms with Crippen LogP contribution in [0.25, 0.3) is 0 Å². The molecular formula is C15H19F2N5O2. The van der Waals surface area contributed by atoms with Crippen molar-refractivity contribution in [2.45, 2.75) is 39.2 Å². The molecule has 9 heteroatoms. The first-order valence-electron chi connectivity index (χ1n) is 7.91. The Hall–Kier alpha value is -2.32. The normalized spacial score (nSPS) is 18.3. The molecule has 130 valence electrons. The predicted molar refractivity (Wildman–Crippen MR) is 79.6 cm³/mol. The largest absolute Gasteiger partial charge is 0.340 e. The minimum absolute atomic E-state index is 0.200. The van der Waals surface area contributed by atoms with Crippen LogP contribution in [0.15, 0.2) is 16.8 Å². The Morgan fingerprint density at radius 1 is 1.50 bits per heavy atom. The van der Waals surface area contributed by atoms with Gasteiger partial charge in [-0.3, -0.25) is 9.48 Å². The Morgan fingerprint density at radius 3 is 3.04 bits per heavy atom. The molecule has 0 spiro atoms. The molecule has 0 saturated carbocycles. The number of aromatic nitrogens is 4. The molecule has 24 heavy (non-hydrogen) atoms. The van der Waals surface area contributed by atoms with Gasteiger partial charge in [-0.2, -0.15) is 10.1 Å². The van der Waals surface area contributed by atoms with Crippen LogP contribution in [0.5, 0.6) is 0 Å². The summed E-state index contributed by atoms with van der Waals surface area (Å²) in [4.78, 5) is 18.5. The van der Waals surface area contributed by atoms with Crippen molar-refractivity contribution in [1.82, 2.24) is 24.8 Å². The molecule has 0 aromatic carbocycles. The summed E-state index contributed by atoms with van der Waals surface area (Å²) in [7, 11) is 0. The fourth-order valence-corrected chi connectivity index (χ4v) is 3.05. The van der Waals surface area contributed by atoms with E-state index in [1.807, 2.05) is 0 Å². The zero-order valence-corrected chi connectivity index (χ0v) is 13.4. The number of hydrogen-bond donors (Lipinski definition) is 0. The van der Waals surface area contributed by atoms with Crippen molar-refractivity contribution in [3.05, 3.63) is 29.7 Å². The molecule has 0 N–H and O–H groups in total. The number of amides is 1. The maximum absolute atomic E-state index is 12.6. The van der Waals surface area contributed by atoms with Crippen molar-refractivity contribution < 1.29 is 18.1 Å². The molecule has 1 fully saturated rings. The zero-order chi connectivity index (χ0) is 17.1. The van der Waals surface area contributed by atoms with Gasteiger partial charge in [0.15, 0.2) is 5.82 Å². The number of hydrogen-bond acceptors (Lipinski definition) is 5. The number of alkyl halides is 2. The summed E-state index contributed by atoms with van der Waals surface area (Å²) in [5.41, 5.74) is 0.200. The Balaban J connectivity index is 1.66. The van der Waals surface area contributed by atoms with Crippen LogP contribution < -0.4 is 0 Å². The van der Waals surface area contributed by atoms with Crippen LogP contribution in [-0.4, -0.2) is 50.2 Å². The Bertz CT molecular complexity index is 700. The van der Waals surface area contributed by atoms with E-state index in [1.54, 1.807) is 11.8 Å². The van der Waals surface area contributed by atoms with E-state index in [1.165, 1.54) is 12.3 Å². The predicted octanol–water partition coefficient (Wildman–Crippen LogP) is 1.93. The third kappa shape index (κ3) is 3.77. The SMILES string of the molecule is Cc1nc(CC2CCCN(C(=O)c3ccnn3CC(F)F)C2)no1. The Kier molecular flexibility index (Phi) is 4.86. The summed E-state index contributed by atoms with van der Waals surface area (Å²) in [5.74, 6) is 1.12. The lowest BCUT2D eigenvalue weighted by Gasteiger charge is -2.32. The quantitative estimate of drug-likeness (QED) is 0.832. The van der Waals surface area contributed by atoms with E-state index in [2.05, 4.69) is 15.2 Å². The van der Waals surface area contributed by atoms with Crippen LogP contribution in [0.2, 0.25) is 0 Å². The average Bonchev–Trinajstić information content (AvgIpc) is 3.15. The zero-order valence-electron chi connectivity index (χ0n) is 13.4. The second-order valence-corrected chi connectivity index (χ2v) is 5.98. The standard InChI is InChI=1S/C15H19F2N5O2/c1-10-19-14(20-24-10)7-11-3-2-6-21(8-11)15(23)12-4-5-18-22(12)9-13(16)17/h4-5,11,13H,2-3,6-9H2,1H3. The van der Waals surface area contributed by atoms with Crippen LogP contribution in [-0.2, 0) is 13.0 Å². The lowest BCUT2D eigenvalue weighted by atomic mass is 9.94. The lowest BCUT2D eigenvalue weighted by molar-refractivity contribution is 0.0648. The van der Waals surface area contributed by atoms with E-state index >= 15 is 0 Å². The van der Waals surface area contributed by atoms with E-state index in [0.29, 0.717) is 31.2 Å². The van der Waals surface area contributed by atoms with E-state index in [0.717, 1.165) is 17.5 Å². The summed E-state index contributed by atoms with van der Waals surface area (Å²) in [6.45, 7) is 2.32. The van der Waals surface area contributed by atoms with Gasteiger partial charge in [-0.25, -0.2) is 8.78 Å². The van der Waals surface area contributed by atoms with Gasteiger partial charge in [-0.15, -0.1) is 0 Å². The molecule has 3 heterocycles. The third-order valence-corrected chi connectivity index (χ3v) is 4.09. The topological polar surface area (TPSA) is 77.1 Å². The van der Waals surface area contributed by atoms with E-state index < -0.39 is 13.0 Å². The van der Waals surface area contributed by atoms with Crippen molar-refractivity contribution in [2.75, 3.05) is 13.1 Å². The second-order valence-electron chi connectivity index (χ2n) is 5.98. The van der Waals surface area contributed by atoms with Crippen LogP contribution in [0.4, 0.5) is 8.78 Å². The molecule has 7 nitrogen and oxygen atoms in total. The van der Waals surface area contributed by atoms with Crippen molar-refractivity contribution in [2.24, 2.45) is 5.92 Å². The smallest absolute Gasteiger partial charge is 0.272 e. The number of halogens is 2. The molecule has 1 saturated heterocycles. The molecule has 1 aliphatic heterocycles. The summed E-state index contributed by atoms with van der Waals surface area (Å²) in [5, 5.41) is 7.71. The van der Waals surface area contributed by atoms with Gasteiger partial charge < -0.3 is 9.42 Å². The molecule has 1 atom stereocenters. The first-order chi connectivity index (χ1) is 11.5. The van der Waals surface area contributed by atoms with Crippen molar-refractivity contribution >= 4 is 5.91 Å². The van der Waals surface area contributed by atoms with Crippen LogP contribution in [0.1, 0.15) is 35.0 Å². The Morgan fingerprint density at radius 2 is 2.33 bits per heavy atom. The van der Waals surface area contributed by atoms with Gasteiger partial charge in [0, 0.05) is 32.6 Å². The summed E-state index contributed by atoms with van der Waals surface area (Å²) >= 11 is 0. The monoisotopic (exact) mass is 339 g/mol. The molecular weight excluding hydrogens is 320 g/mol. The maximum atomic E-state index is 12.6. The summed E-state index contributed by atoms with van der Waals surface area (Å²) in [6, 6.07) is 1.48. The number of carbonyl (C=O) groups is 1. The van der Waals surface area contributed by atoms with Gasteiger partial charge in [0.2, 0.25) is 5.89 Å². The highest BCUT2D eigenvalue weighted by Crippen LogP contribution is 2.21. The molecule has 0 aliphatic carbocycles. The molecule has 2 aromatic heterocycles. The maximum Gasteiger partial charge on any atom is 0.272 e. The number of rotatable bonds is 5. The molecule has 3 rings (SSSR count). The number of carbonyl (C=O) groups excluding carboxylic acids is 1. The molecule has 1 aliphatic rings. The van der Waals surface area contributed by atoms with Crippen molar-refractivity contribution in [3.63, 3.8) is 0 Å². The van der Waals surface area contributed by atoms with E-state index in [4.69, 9.17) is 4.52 Å².